The number of hydrogen-bond donors (Lipinski definition) is 1. The van der Waals surface area contributed by atoms with Gasteiger partial charge in [0.05, 0.1) is 24.3 Å². The minimum absolute atomic E-state index is 0.001000. The summed E-state index contributed by atoms with van der Waals surface area (Å²) in [4.78, 5) is 28.2. The number of ketones is 1. The van der Waals surface area contributed by atoms with Gasteiger partial charge in [-0.15, -0.1) is 0 Å². The van der Waals surface area contributed by atoms with E-state index < -0.39 is 17.7 Å². The molecule has 1 N–H and O–H groups in total. The summed E-state index contributed by atoms with van der Waals surface area (Å²) in [7, 11) is 1.50. The van der Waals surface area contributed by atoms with E-state index in [0.717, 1.165) is 16.7 Å². The second kappa shape index (κ2) is 9.85. The molecule has 1 unspecified atom stereocenters. The van der Waals surface area contributed by atoms with Crippen LogP contribution in [0.15, 0.2) is 66.2 Å². The van der Waals surface area contributed by atoms with Gasteiger partial charge in [-0.05, 0) is 65.3 Å². The Kier molecular flexibility index (Phi) is 6.96. The Hall–Kier alpha value is -3.93. The van der Waals surface area contributed by atoms with E-state index in [4.69, 9.17) is 4.74 Å². The van der Waals surface area contributed by atoms with Gasteiger partial charge in [0.15, 0.2) is 0 Å². The number of aliphatic hydroxyl groups excluding tert-OH is 1. The Bertz CT molecular complexity index is 1380. The second-order valence-electron chi connectivity index (χ2n) is 10.6. The van der Waals surface area contributed by atoms with Gasteiger partial charge in [-0.2, -0.15) is 0 Å². The molecular weight excluding hydrogens is 469 g/mol. The van der Waals surface area contributed by atoms with Crippen LogP contribution in [0, 0.1) is 19.7 Å². The molecule has 0 spiro atoms. The van der Waals surface area contributed by atoms with Crippen molar-refractivity contribution in [1.82, 2.24) is 4.90 Å². The fraction of sp³-hybridized carbons (Fsp3) is 0.290. The smallest absolute Gasteiger partial charge is 0.295 e. The predicted octanol–water partition coefficient (Wildman–Crippen LogP) is 6.37. The normalized spacial score (nSPS) is 17.4. The number of methoxy groups -OCH3 is 1. The number of Topliss-reactive ketones (excluding diaryl/α,β-unsaturated/α-hetero) is 1. The van der Waals surface area contributed by atoms with E-state index in [1.807, 2.05) is 44.2 Å². The molecule has 1 heterocycles. The van der Waals surface area contributed by atoms with Crippen molar-refractivity contribution >= 4 is 17.4 Å². The van der Waals surface area contributed by atoms with Crippen molar-refractivity contribution in [3.63, 3.8) is 0 Å². The summed E-state index contributed by atoms with van der Waals surface area (Å²) in [6.07, 6.45) is 0. The summed E-state index contributed by atoms with van der Waals surface area (Å²) in [5.41, 5.74) is 4.42. The van der Waals surface area contributed by atoms with Crippen LogP contribution in [0.25, 0.3) is 5.76 Å². The molecule has 1 aliphatic heterocycles. The maximum atomic E-state index is 13.5. The van der Waals surface area contributed by atoms with Crippen molar-refractivity contribution in [2.75, 3.05) is 7.11 Å². The maximum absolute atomic E-state index is 13.5. The summed E-state index contributed by atoms with van der Waals surface area (Å²) < 4.78 is 19.1. The van der Waals surface area contributed by atoms with Gasteiger partial charge in [0, 0.05) is 6.54 Å². The highest BCUT2D eigenvalue weighted by Gasteiger charge is 2.46. The van der Waals surface area contributed by atoms with Gasteiger partial charge in [0.2, 0.25) is 0 Å². The summed E-state index contributed by atoms with van der Waals surface area (Å²) in [6, 6.07) is 16.4. The van der Waals surface area contributed by atoms with Crippen LogP contribution in [0.2, 0.25) is 0 Å². The second-order valence-corrected chi connectivity index (χ2v) is 10.6. The van der Waals surface area contributed by atoms with Crippen LogP contribution in [0.1, 0.15) is 60.2 Å². The van der Waals surface area contributed by atoms with Crippen LogP contribution >= 0.6 is 0 Å². The molecule has 0 bridgehead atoms. The zero-order valence-corrected chi connectivity index (χ0v) is 22.1. The monoisotopic (exact) mass is 501 g/mol. The molecule has 1 aliphatic rings. The highest BCUT2D eigenvalue weighted by Crippen LogP contribution is 2.43. The minimum atomic E-state index is -0.829. The molecule has 192 valence electrons. The summed E-state index contributed by atoms with van der Waals surface area (Å²) >= 11 is 0. The molecule has 3 aromatic rings. The van der Waals surface area contributed by atoms with Crippen LogP contribution in [0.3, 0.4) is 0 Å². The Morgan fingerprint density at radius 3 is 2.19 bits per heavy atom. The number of rotatable bonds is 5. The lowest BCUT2D eigenvalue weighted by Gasteiger charge is -2.27. The number of amides is 1. The van der Waals surface area contributed by atoms with Crippen molar-refractivity contribution in [2.45, 2.75) is 52.6 Å². The number of carbonyl (C=O) groups excluding carboxylic acids is 2. The lowest BCUT2D eigenvalue weighted by molar-refractivity contribution is -0.140. The largest absolute Gasteiger partial charge is 0.507 e. The number of aryl methyl sites for hydroxylation is 2. The summed E-state index contributed by atoms with van der Waals surface area (Å²) in [5.74, 6) is -1.73. The van der Waals surface area contributed by atoms with E-state index >= 15 is 0 Å². The van der Waals surface area contributed by atoms with Gasteiger partial charge < -0.3 is 14.7 Å². The number of benzene rings is 3. The van der Waals surface area contributed by atoms with Crippen molar-refractivity contribution in [3.05, 3.63) is 105 Å². The molecule has 5 nitrogen and oxygen atoms in total. The standard InChI is InChI=1S/C31H32FNO4/c1-18-15-19(2)29(37-6)24(16-18)27(34)25-26(21-9-11-22(12-10-21)31(3,4)5)33(30(36)28(25)35)17-20-7-13-23(32)14-8-20/h7-16,26,34H,17H2,1-6H3/b27-25+. The first-order valence-corrected chi connectivity index (χ1v) is 12.2. The van der Waals surface area contributed by atoms with Crippen LogP contribution in [-0.2, 0) is 21.5 Å². The molecule has 0 aromatic heterocycles. The zero-order chi connectivity index (χ0) is 27.1. The molecule has 0 saturated carbocycles. The Morgan fingerprint density at radius 2 is 1.62 bits per heavy atom. The van der Waals surface area contributed by atoms with Gasteiger partial charge in [-0.3, -0.25) is 9.59 Å². The van der Waals surface area contributed by atoms with E-state index in [1.165, 1.54) is 24.1 Å². The van der Waals surface area contributed by atoms with E-state index in [2.05, 4.69) is 20.8 Å². The molecule has 1 amide bonds. The minimum Gasteiger partial charge on any atom is -0.507 e. The molecule has 0 radical (unpaired) electrons. The lowest BCUT2D eigenvalue weighted by Crippen LogP contribution is -2.29. The van der Waals surface area contributed by atoms with Gasteiger partial charge in [0.1, 0.15) is 17.3 Å². The van der Waals surface area contributed by atoms with Crippen LogP contribution in [0.5, 0.6) is 5.75 Å². The molecular formula is C31H32FNO4. The third-order valence-corrected chi connectivity index (χ3v) is 6.78. The zero-order valence-electron chi connectivity index (χ0n) is 22.1. The van der Waals surface area contributed by atoms with Gasteiger partial charge >= 0.3 is 0 Å². The fourth-order valence-corrected chi connectivity index (χ4v) is 4.89. The van der Waals surface area contributed by atoms with Crippen molar-refractivity contribution in [3.8, 4) is 5.75 Å². The van der Waals surface area contributed by atoms with Crippen LogP contribution < -0.4 is 4.74 Å². The molecule has 1 saturated heterocycles. The summed E-state index contributed by atoms with van der Waals surface area (Å²) in [6.45, 7) is 10.1. The molecule has 3 aromatic carbocycles. The van der Waals surface area contributed by atoms with Crippen molar-refractivity contribution in [1.29, 1.82) is 0 Å². The number of ether oxygens (including phenoxy) is 1. The topological polar surface area (TPSA) is 66.8 Å². The number of nitrogens with zero attached hydrogens (tertiary/aromatic N) is 1. The number of likely N-dealkylation sites (tertiary alicyclic amines) is 1. The average molecular weight is 502 g/mol. The number of carbonyl (C=O) groups is 2. The van der Waals surface area contributed by atoms with E-state index in [-0.39, 0.29) is 29.1 Å². The van der Waals surface area contributed by atoms with Crippen molar-refractivity contribution < 1.29 is 23.8 Å². The molecule has 1 atom stereocenters. The lowest BCUT2D eigenvalue weighted by atomic mass is 9.85. The van der Waals surface area contributed by atoms with Crippen LogP contribution in [-0.4, -0.2) is 28.8 Å². The number of halogens is 1. The van der Waals surface area contributed by atoms with Gasteiger partial charge in [-0.1, -0.05) is 63.2 Å². The van der Waals surface area contributed by atoms with E-state index in [9.17, 15) is 19.1 Å². The highest BCUT2D eigenvalue weighted by atomic mass is 19.1. The predicted molar refractivity (Wildman–Crippen MR) is 142 cm³/mol. The molecule has 1 fully saturated rings. The van der Waals surface area contributed by atoms with E-state index in [1.54, 1.807) is 18.2 Å². The van der Waals surface area contributed by atoms with E-state index in [0.29, 0.717) is 22.4 Å². The summed E-state index contributed by atoms with van der Waals surface area (Å²) in [5, 5.41) is 11.6. The SMILES string of the molecule is COc1c(C)cc(C)cc1/C(O)=C1\C(=O)C(=O)N(Cc2ccc(F)cc2)C1c1ccc(C(C)(C)C)cc1. The van der Waals surface area contributed by atoms with Gasteiger partial charge in [0.25, 0.3) is 11.7 Å². The number of hydrogen-bond acceptors (Lipinski definition) is 4. The average Bonchev–Trinajstić information content (AvgIpc) is 3.09. The Balaban J connectivity index is 1.92. The number of aliphatic hydroxyl groups is 1. The molecule has 0 aliphatic carbocycles. The van der Waals surface area contributed by atoms with Gasteiger partial charge in [-0.25, -0.2) is 4.39 Å². The molecule has 37 heavy (non-hydrogen) atoms. The third-order valence-electron chi connectivity index (χ3n) is 6.78. The fourth-order valence-electron chi connectivity index (χ4n) is 4.89. The van der Waals surface area contributed by atoms with Crippen molar-refractivity contribution in [2.24, 2.45) is 0 Å². The molecule has 4 rings (SSSR count). The maximum Gasteiger partial charge on any atom is 0.295 e. The highest BCUT2D eigenvalue weighted by molar-refractivity contribution is 6.46. The first-order chi connectivity index (χ1) is 17.4. The Morgan fingerprint density at radius 1 is 1.00 bits per heavy atom. The molecule has 6 heteroatoms. The third kappa shape index (κ3) is 5.01. The Labute approximate surface area is 217 Å². The first-order valence-electron chi connectivity index (χ1n) is 12.2. The quantitative estimate of drug-likeness (QED) is 0.251. The first kappa shape index (κ1) is 26.1. The van der Waals surface area contributed by atoms with Crippen LogP contribution in [0.4, 0.5) is 4.39 Å².